The summed E-state index contributed by atoms with van der Waals surface area (Å²) in [4.78, 5) is 43.2. The first-order valence-corrected chi connectivity index (χ1v) is 10.7. The van der Waals surface area contributed by atoms with Crippen LogP contribution in [-0.2, 0) is 16.1 Å². The quantitative estimate of drug-likeness (QED) is 0.708. The van der Waals surface area contributed by atoms with E-state index in [-0.39, 0.29) is 35.3 Å². The van der Waals surface area contributed by atoms with E-state index in [4.69, 9.17) is 16.3 Å². The molecule has 160 valence electrons. The van der Waals surface area contributed by atoms with Crippen molar-refractivity contribution < 1.29 is 14.3 Å². The van der Waals surface area contributed by atoms with Gasteiger partial charge in [-0.05, 0) is 31.4 Å². The number of rotatable bonds is 6. The van der Waals surface area contributed by atoms with E-state index >= 15 is 0 Å². The first kappa shape index (κ1) is 20.7. The molecule has 1 N–H and O–H groups in total. The van der Waals surface area contributed by atoms with E-state index in [0.29, 0.717) is 41.8 Å². The third-order valence-corrected chi connectivity index (χ3v) is 6.19. The van der Waals surface area contributed by atoms with Crippen LogP contribution in [0.5, 0.6) is 5.75 Å². The van der Waals surface area contributed by atoms with Crippen molar-refractivity contribution in [3.63, 3.8) is 0 Å². The van der Waals surface area contributed by atoms with Gasteiger partial charge in [-0.25, -0.2) is 4.98 Å². The largest absolute Gasteiger partial charge is 0.493 e. The summed E-state index contributed by atoms with van der Waals surface area (Å²) in [6, 6.07) is 3.58. The van der Waals surface area contributed by atoms with Gasteiger partial charge in [-0.3, -0.25) is 24.3 Å². The molecule has 2 heterocycles. The van der Waals surface area contributed by atoms with Crippen LogP contribution in [0, 0.1) is 0 Å². The van der Waals surface area contributed by atoms with Gasteiger partial charge in [-0.2, -0.15) is 0 Å². The van der Waals surface area contributed by atoms with Crippen LogP contribution in [0.2, 0.25) is 5.02 Å². The minimum Gasteiger partial charge on any atom is -0.493 e. The van der Waals surface area contributed by atoms with Crippen LogP contribution in [0.3, 0.4) is 0 Å². The van der Waals surface area contributed by atoms with Gasteiger partial charge in [0.05, 0.1) is 11.6 Å². The topological polar surface area (TPSA) is 93.5 Å². The lowest BCUT2D eigenvalue weighted by Crippen LogP contribution is -2.38. The zero-order valence-electron chi connectivity index (χ0n) is 16.9. The highest BCUT2D eigenvalue weighted by Gasteiger charge is 2.25. The number of carbonyl (C=O) groups is 2. The molecule has 2 aliphatic rings. The number of amides is 2. The van der Waals surface area contributed by atoms with E-state index in [2.05, 4.69) is 10.3 Å². The molecule has 0 bridgehead atoms. The average molecular weight is 433 g/mol. The Hall–Kier alpha value is -2.61. The molecule has 1 fully saturated rings. The Balaban J connectivity index is 1.43. The number of aromatic nitrogens is 2. The minimum atomic E-state index is -0.376. The standard InChI is InChI=1S/C21H25ClN4O4/c1-25(13-6-3-2-4-7-13)17(28)8-5-11-30-15-10-9-14(22)19-18(15)20(29)26-12-16(27)23-21(26)24-19/h9-10,13H,2-8,11-12H2,1H3,(H,23,24,27). The molecule has 1 aliphatic heterocycles. The van der Waals surface area contributed by atoms with Crippen LogP contribution in [0.25, 0.3) is 10.9 Å². The lowest BCUT2D eigenvalue weighted by Gasteiger charge is -2.31. The van der Waals surface area contributed by atoms with Crippen LogP contribution < -0.4 is 15.6 Å². The molecule has 0 unspecified atom stereocenters. The number of anilines is 1. The summed E-state index contributed by atoms with van der Waals surface area (Å²) in [7, 11) is 1.88. The number of benzene rings is 1. The second kappa shape index (κ2) is 8.63. The predicted molar refractivity (Wildman–Crippen MR) is 114 cm³/mol. The Morgan fingerprint density at radius 3 is 2.83 bits per heavy atom. The summed E-state index contributed by atoms with van der Waals surface area (Å²) in [6.07, 6.45) is 6.71. The molecule has 30 heavy (non-hydrogen) atoms. The fourth-order valence-corrected chi connectivity index (χ4v) is 4.38. The number of ether oxygens (including phenoxy) is 1. The van der Waals surface area contributed by atoms with Gasteiger partial charge < -0.3 is 9.64 Å². The monoisotopic (exact) mass is 432 g/mol. The van der Waals surface area contributed by atoms with Gasteiger partial charge in [0.2, 0.25) is 17.8 Å². The Morgan fingerprint density at radius 2 is 2.07 bits per heavy atom. The van der Waals surface area contributed by atoms with Crippen molar-refractivity contribution in [2.45, 2.75) is 57.5 Å². The molecule has 1 aromatic heterocycles. The molecule has 1 saturated carbocycles. The Morgan fingerprint density at radius 1 is 1.30 bits per heavy atom. The van der Waals surface area contributed by atoms with Crippen molar-refractivity contribution in [3.8, 4) is 5.75 Å². The number of hydrogen-bond acceptors (Lipinski definition) is 5. The van der Waals surface area contributed by atoms with E-state index in [0.717, 1.165) is 12.8 Å². The number of nitrogens with one attached hydrogen (secondary N) is 1. The third kappa shape index (κ3) is 4.01. The molecule has 4 rings (SSSR count). The first-order valence-electron chi connectivity index (χ1n) is 10.4. The summed E-state index contributed by atoms with van der Waals surface area (Å²) in [5, 5.41) is 3.10. The van der Waals surface area contributed by atoms with Gasteiger partial charge in [-0.1, -0.05) is 30.9 Å². The minimum absolute atomic E-state index is 0.0783. The number of carbonyl (C=O) groups excluding carboxylic acids is 2. The molecule has 9 heteroatoms. The van der Waals surface area contributed by atoms with Gasteiger partial charge in [-0.15, -0.1) is 0 Å². The van der Waals surface area contributed by atoms with Crippen molar-refractivity contribution in [2.24, 2.45) is 0 Å². The molecule has 8 nitrogen and oxygen atoms in total. The summed E-state index contributed by atoms with van der Waals surface area (Å²) < 4.78 is 7.10. The predicted octanol–water partition coefficient (Wildman–Crippen LogP) is 2.95. The zero-order chi connectivity index (χ0) is 21.3. The zero-order valence-corrected chi connectivity index (χ0v) is 17.7. The van der Waals surface area contributed by atoms with Crippen LogP contribution in [-0.4, -0.2) is 46.0 Å². The normalized spacial score (nSPS) is 16.4. The summed E-state index contributed by atoms with van der Waals surface area (Å²) in [6.45, 7) is 0.213. The molecule has 2 aromatic rings. The average Bonchev–Trinajstić information content (AvgIpc) is 3.13. The molecule has 2 amide bonds. The van der Waals surface area contributed by atoms with Gasteiger partial charge in [0.1, 0.15) is 23.2 Å². The fourth-order valence-electron chi connectivity index (χ4n) is 4.18. The van der Waals surface area contributed by atoms with Crippen LogP contribution >= 0.6 is 11.6 Å². The number of fused-ring (bicyclic) bond motifs is 2. The summed E-state index contributed by atoms with van der Waals surface area (Å²) in [5.74, 6) is 0.368. The molecule has 0 atom stereocenters. The van der Waals surface area contributed by atoms with Crippen LogP contribution in [0.1, 0.15) is 44.9 Å². The van der Waals surface area contributed by atoms with Crippen molar-refractivity contribution in [1.29, 1.82) is 0 Å². The van der Waals surface area contributed by atoms with E-state index in [1.54, 1.807) is 12.1 Å². The van der Waals surface area contributed by atoms with Gasteiger partial charge >= 0.3 is 0 Å². The molecule has 1 aromatic carbocycles. The van der Waals surface area contributed by atoms with Crippen molar-refractivity contribution >= 4 is 40.3 Å². The smallest absolute Gasteiger partial charge is 0.267 e. The van der Waals surface area contributed by atoms with E-state index < -0.39 is 0 Å². The molecule has 0 radical (unpaired) electrons. The maximum absolute atomic E-state index is 12.9. The second-order valence-corrected chi connectivity index (χ2v) is 8.30. The van der Waals surface area contributed by atoms with Crippen LogP contribution in [0.15, 0.2) is 16.9 Å². The Bertz CT molecular complexity index is 1050. The fraction of sp³-hybridized carbons (Fsp3) is 0.524. The van der Waals surface area contributed by atoms with Gasteiger partial charge in [0, 0.05) is 19.5 Å². The molecule has 0 saturated heterocycles. The van der Waals surface area contributed by atoms with Crippen molar-refractivity contribution in [1.82, 2.24) is 14.5 Å². The molecule has 0 spiro atoms. The van der Waals surface area contributed by atoms with Crippen molar-refractivity contribution in [2.75, 3.05) is 19.0 Å². The maximum atomic E-state index is 12.9. The summed E-state index contributed by atoms with van der Waals surface area (Å²) in [5.41, 5.74) is -0.0836. The molecular formula is C21H25ClN4O4. The lowest BCUT2D eigenvalue weighted by molar-refractivity contribution is -0.132. The van der Waals surface area contributed by atoms with E-state index in [1.165, 1.54) is 23.8 Å². The van der Waals surface area contributed by atoms with Gasteiger partial charge in [0.25, 0.3) is 5.56 Å². The maximum Gasteiger partial charge on any atom is 0.267 e. The van der Waals surface area contributed by atoms with Crippen molar-refractivity contribution in [3.05, 3.63) is 27.5 Å². The van der Waals surface area contributed by atoms with Crippen LogP contribution in [0.4, 0.5) is 5.95 Å². The first-order chi connectivity index (χ1) is 14.5. The van der Waals surface area contributed by atoms with E-state index in [9.17, 15) is 14.4 Å². The lowest BCUT2D eigenvalue weighted by atomic mass is 9.94. The second-order valence-electron chi connectivity index (χ2n) is 7.89. The Kier molecular flexibility index (Phi) is 5.94. The summed E-state index contributed by atoms with van der Waals surface area (Å²) >= 11 is 6.22. The van der Waals surface area contributed by atoms with E-state index in [1.807, 2.05) is 11.9 Å². The highest BCUT2D eigenvalue weighted by atomic mass is 35.5. The number of hydrogen-bond donors (Lipinski definition) is 1. The Labute approximate surface area is 179 Å². The highest BCUT2D eigenvalue weighted by Crippen LogP contribution is 2.30. The molecule has 1 aliphatic carbocycles. The third-order valence-electron chi connectivity index (χ3n) is 5.88. The number of nitrogens with zero attached hydrogens (tertiary/aromatic N) is 3. The highest BCUT2D eigenvalue weighted by molar-refractivity contribution is 6.35. The number of halogens is 1. The van der Waals surface area contributed by atoms with Gasteiger partial charge in [0.15, 0.2) is 0 Å². The molecular weight excluding hydrogens is 408 g/mol. The SMILES string of the molecule is CN(C(=O)CCCOc1ccc(Cl)c2nc3n(c(=O)c12)CC(=O)N3)C1CCCCC1.